The van der Waals surface area contributed by atoms with Crippen molar-refractivity contribution in [3.63, 3.8) is 0 Å². The number of halogens is 2. The van der Waals surface area contributed by atoms with E-state index >= 15 is 0 Å². The average molecular weight is 405 g/mol. The summed E-state index contributed by atoms with van der Waals surface area (Å²) in [4.78, 5) is 13.1. The van der Waals surface area contributed by atoms with Gasteiger partial charge in [0.25, 0.3) is 5.92 Å². The lowest BCUT2D eigenvalue weighted by atomic mass is 9.89. The largest absolute Gasteiger partial charge is 0.327 e. The quantitative estimate of drug-likeness (QED) is 0.697. The van der Waals surface area contributed by atoms with E-state index in [2.05, 4.69) is 10.0 Å². The van der Waals surface area contributed by atoms with Crippen LogP contribution in [0.4, 0.5) is 13.8 Å². The first kappa shape index (κ1) is 18.3. The van der Waals surface area contributed by atoms with Gasteiger partial charge < -0.3 is 11.1 Å². The summed E-state index contributed by atoms with van der Waals surface area (Å²) < 4.78 is 54.4. The Morgan fingerprint density at radius 2 is 1.92 bits per heavy atom. The summed E-state index contributed by atoms with van der Waals surface area (Å²) in [6.45, 7) is 0. The van der Waals surface area contributed by atoms with Crippen molar-refractivity contribution in [1.82, 2.24) is 4.72 Å². The molecule has 144 valence electrons. The molecule has 0 unspecified atom stereocenters. The highest BCUT2D eigenvalue weighted by atomic mass is 32.2. The van der Waals surface area contributed by atoms with Gasteiger partial charge in [0.1, 0.15) is 9.90 Å². The number of nitrogens with two attached hydrogens (primary N) is 1. The van der Waals surface area contributed by atoms with Crippen molar-refractivity contribution in [1.29, 1.82) is 0 Å². The summed E-state index contributed by atoms with van der Waals surface area (Å²) >= 11 is 1.26. The Hall–Kier alpha value is -1.10. The van der Waals surface area contributed by atoms with Gasteiger partial charge in [-0.25, -0.2) is 21.9 Å². The van der Waals surface area contributed by atoms with Crippen LogP contribution in [0.25, 0.3) is 0 Å². The van der Waals surface area contributed by atoms with Gasteiger partial charge in [0.2, 0.25) is 15.9 Å². The van der Waals surface area contributed by atoms with Crippen LogP contribution in [0, 0.1) is 5.92 Å². The van der Waals surface area contributed by atoms with Crippen LogP contribution in [0.1, 0.15) is 42.5 Å². The number of carbonyl (C=O) groups excluding carboxylic acids is 1. The molecule has 2 saturated carbocycles. The van der Waals surface area contributed by atoms with Crippen LogP contribution in [0.2, 0.25) is 0 Å². The molecule has 4 rings (SSSR count). The monoisotopic (exact) mass is 405 g/mol. The van der Waals surface area contributed by atoms with Crippen molar-refractivity contribution in [3.8, 4) is 0 Å². The Bertz CT molecular complexity index is 841. The van der Waals surface area contributed by atoms with Gasteiger partial charge in [-0.1, -0.05) is 0 Å². The molecule has 10 heteroatoms. The molecule has 4 N–H and O–H groups in total. The number of hydrogen-bond acceptors (Lipinski definition) is 5. The van der Waals surface area contributed by atoms with Crippen LogP contribution in [-0.2, 0) is 27.7 Å². The summed E-state index contributed by atoms with van der Waals surface area (Å²) in [5.41, 5.74) is 6.63. The highest BCUT2D eigenvalue weighted by Gasteiger charge is 2.47. The number of rotatable bonds is 5. The van der Waals surface area contributed by atoms with Crippen LogP contribution < -0.4 is 15.8 Å². The zero-order chi connectivity index (χ0) is 18.7. The number of aryl methyl sites for hydroxylation is 1. The molecule has 1 aromatic rings. The van der Waals surface area contributed by atoms with Crippen molar-refractivity contribution >= 4 is 32.3 Å². The Morgan fingerprint density at radius 1 is 1.23 bits per heavy atom. The first-order valence-electron chi connectivity index (χ1n) is 8.76. The predicted molar refractivity (Wildman–Crippen MR) is 94.0 cm³/mol. The fraction of sp³-hybridized carbons (Fsp3) is 0.688. The second kappa shape index (κ2) is 6.22. The van der Waals surface area contributed by atoms with E-state index in [1.807, 2.05) is 0 Å². The fourth-order valence-electron chi connectivity index (χ4n) is 3.53. The highest BCUT2D eigenvalue weighted by molar-refractivity contribution is 7.90. The molecule has 1 amide bonds. The van der Waals surface area contributed by atoms with E-state index < -0.39 is 34.8 Å². The van der Waals surface area contributed by atoms with Gasteiger partial charge in [-0.15, -0.1) is 11.3 Å². The summed E-state index contributed by atoms with van der Waals surface area (Å²) in [7, 11) is -4.02. The molecule has 0 radical (unpaired) electrons. The zero-order valence-corrected chi connectivity index (χ0v) is 15.7. The normalized spacial score (nSPS) is 25.4. The maximum Gasteiger partial charge on any atom is 0.251 e. The number of nitrogens with one attached hydrogen (secondary N) is 2. The molecule has 0 bridgehead atoms. The highest BCUT2D eigenvalue weighted by Crippen LogP contribution is 2.43. The maximum absolute atomic E-state index is 13.1. The molecule has 0 aromatic carbocycles. The molecule has 1 heterocycles. The van der Waals surface area contributed by atoms with Gasteiger partial charge in [0.05, 0.1) is 0 Å². The third-order valence-corrected chi connectivity index (χ3v) is 8.08. The molecule has 0 saturated heterocycles. The zero-order valence-electron chi connectivity index (χ0n) is 14.1. The molecular weight excluding hydrogens is 384 g/mol. The number of sulfonamides is 1. The number of anilines is 1. The Kier molecular flexibility index (Phi) is 4.37. The number of thiophene rings is 1. The van der Waals surface area contributed by atoms with E-state index in [4.69, 9.17) is 5.73 Å². The minimum Gasteiger partial charge on any atom is -0.327 e. The molecule has 26 heavy (non-hydrogen) atoms. The first-order chi connectivity index (χ1) is 12.1. The van der Waals surface area contributed by atoms with Crippen LogP contribution >= 0.6 is 11.3 Å². The molecular formula is C16H21F2N3O3S2. The van der Waals surface area contributed by atoms with Gasteiger partial charge in [0.15, 0.2) is 0 Å². The summed E-state index contributed by atoms with van der Waals surface area (Å²) in [6.07, 6.45) is 2.43. The number of alkyl halides is 2. The number of carbonyl (C=O) groups is 1. The van der Waals surface area contributed by atoms with Crippen molar-refractivity contribution in [3.05, 3.63) is 10.4 Å². The summed E-state index contributed by atoms with van der Waals surface area (Å²) in [5, 5.41) is 3.04. The van der Waals surface area contributed by atoms with Crippen LogP contribution in [0.3, 0.4) is 0 Å². The fourth-order valence-corrected chi connectivity index (χ4v) is 6.74. The Balaban J connectivity index is 1.65. The topological polar surface area (TPSA) is 101 Å². The standard InChI is InChI=1S/C16H21F2N3O3S2/c17-16(18)6-10(7-16)21-26(23,24)13-11-5-9(19)3-4-12(11)25-15(13)20-14(22)8-1-2-8/h8-10,21H,1-7,19H2,(H,20,22)/t9-/m0/s1. The van der Waals surface area contributed by atoms with Gasteiger partial charge in [-0.05, 0) is 37.7 Å². The van der Waals surface area contributed by atoms with E-state index in [0.29, 0.717) is 23.4 Å². The van der Waals surface area contributed by atoms with Crippen LogP contribution in [-0.4, -0.2) is 32.3 Å². The lowest BCUT2D eigenvalue weighted by molar-refractivity contribution is -0.117. The Labute approximate surface area is 154 Å². The van der Waals surface area contributed by atoms with E-state index in [1.54, 1.807) is 0 Å². The number of fused-ring (bicyclic) bond motifs is 1. The van der Waals surface area contributed by atoms with E-state index in [0.717, 1.165) is 24.1 Å². The van der Waals surface area contributed by atoms with Crippen molar-refractivity contribution in [2.24, 2.45) is 11.7 Å². The minimum absolute atomic E-state index is 0.0249. The van der Waals surface area contributed by atoms with Gasteiger partial charge in [-0.2, -0.15) is 0 Å². The lowest BCUT2D eigenvalue weighted by Gasteiger charge is -2.35. The summed E-state index contributed by atoms with van der Waals surface area (Å²) in [6, 6.07) is -0.930. The third-order valence-electron chi connectivity index (χ3n) is 5.12. The van der Waals surface area contributed by atoms with Gasteiger partial charge >= 0.3 is 0 Å². The van der Waals surface area contributed by atoms with Crippen molar-refractivity contribution < 1.29 is 22.0 Å². The predicted octanol–water partition coefficient (Wildman–Crippen LogP) is 1.99. The van der Waals surface area contributed by atoms with Gasteiger partial charge in [0, 0.05) is 35.7 Å². The van der Waals surface area contributed by atoms with E-state index in [-0.39, 0.29) is 22.8 Å². The smallest absolute Gasteiger partial charge is 0.251 e. The molecule has 0 aliphatic heterocycles. The summed E-state index contributed by atoms with van der Waals surface area (Å²) in [5.74, 6) is -3.06. The lowest BCUT2D eigenvalue weighted by Crippen LogP contribution is -2.50. The van der Waals surface area contributed by atoms with E-state index in [9.17, 15) is 22.0 Å². The Morgan fingerprint density at radius 3 is 2.54 bits per heavy atom. The molecule has 2 fully saturated rings. The average Bonchev–Trinajstić information content (AvgIpc) is 3.27. The SMILES string of the molecule is N[C@H]1CCc2sc(NC(=O)C3CC3)c(S(=O)(=O)NC3CC(F)(F)C3)c2C1. The van der Waals surface area contributed by atoms with Crippen LogP contribution in [0.5, 0.6) is 0 Å². The molecule has 0 spiro atoms. The first-order valence-corrected chi connectivity index (χ1v) is 11.1. The van der Waals surface area contributed by atoms with E-state index in [1.165, 1.54) is 11.3 Å². The van der Waals surface area contributed by atoms with Gasteiger partial charge in [-0.3, -0.25) is 4.79 Å². The molecule has 1 aromatic heterocycles. The van der Waals surface area contributed by atoms with Crippen molar-refractivity contribution in [2.75, 3.05) is 5.32 Å². The van der Waals surface area contributed by atoms with Crippen molar-refractivity contribution in [2.45, 2.75) is 67.8 Å². The molecule has 3 aliphatic rings. The third kappa shape index (κ3) is 3.51. The minimum atomic E-state index is -4.02. The molecule has 1 atom stereocenters. The number of amides is 1. The molecule has 6 nitrogen and oxygen atoms in total. The number of hydrogen-bond donors (Lipinski definition) is 3. The second-order valence-electron chi connectivity index (χ2n) is 7.51. The molecule has 3 aliphatic carbocycles. The maximum atomic E-state index is 13.1. The second-order valence-corrected chi connectivity index (χ2v) is 10.3. The van der Waals surface area contributed by atoms with Crippen LogP contribution in [0.15, 0.2) is 4.90 Å².